The van der Waals surface area contributed by atoms with Crippen LogP contribution in [0.2, 0.25) is 0 Å². The standard InChI is InChI=1S/C20H32O3/c1-2-3-4-5-6-7-8-9-10-13-16-19(21)17-14-11-12-15-18-20(22)23/h3-10,19,21H,2,11-18H2,1H3,(H,22,23)/b4-3+,6-5+,8-7+,10-9+. The lowest BCUT2D eigenvalue weighted by molar-refractivity contribution is -0.137. The van der Waals surface area contributed by atoms with E-state index in [9.17, 15) is 9.90 Å². The van der Waals surface area contributed by atoms with Crippen molar-refractivity contribution in [1.82, 2.24) is 0 Å². The molecule has 2 N–H and O–H groups in total. The molecule has 0 radical (unpaired) electrons. The van der Waals surface area contributed by atoms with Crippen LogP contribution in [0.1, 0.15) is 64.7 Å². The number of aliphatic carboxylic acids is 1. The van der Waals surface area contributed by atoms with Gasteiger partial charge in [0.15, 0.2) is 0 Å². The van der Waals surface area contributed by atoms with Crippen molar-refractivity contribution in [3.05, 3.63) is 48.6 Å². The Kier molecular flexibility index (Phi) is 15.6. The number of carboxylic acids is 1. The van der Waals surface area contributed by atoms with Crippen LogP contribution in [0, 0.1) is 0 Å². The summed E-state index contributed by atoms with van der Waals surface area (Å²) in [6.07, 6.45) is 23.4. The van der Waals surface area contributed by atoms with Gasteiger partial charge in [0.2, 0.25) is 0 Å². The van der Waals surface area contributed by atoms with Gasteiger partial charge in [-0.2, -0.15) is 0 Å². The molecule has 0 aromatic carbocycles. The van der Waals surface area contributed by atoms with Crippen molar-refractivity contribution in [2.75, 3.05) is 0 Å². The fourth-order valence-corrected chi connectivity index (χ4v) is 2.09. The molecule has 0 saturated heterocycles. The van der Waals surface area contributed by atoms with E-state index in [0.717, 1.165) is 51.4 Å². The van der Waals surface area contributed by atoms with E-state index in [0.29, 0.717) is 0 Å². The minimum Gasteiger partial charge on any atom is -0.481 e. The molecule has 0 aromatic heterocycles. The van der Waals surface area contributed by atoms with Crippen LogP contribution in [0.15, 0.2) is 48.6 Å². The molecule has 1 atom stereocenters. The van der Waals surface area contributed by atoms with Crippen LogP contribution in [0.3, 0.4) is 0 Å². The fraction of sp³-hybridized carbons (Fsp3) is 0.550. The summed E-state index contributed by atoms with van der Waals surface area (Å²) < 4.78 is 0. The topological polar surface area (TPSA) is 57.5 Å². The second-order valence-corrected chi connectivity index (χ2v) is 5.61. The van der Waals surface area contributed by atoms with Crippen LogP contribution >= 0.6 is 0 Å². The van der Waals surface area contributed by atoms with Crippen molar-refractivity contribution in [2.24, 2.45) is 0 Å². The van der Waals surface area contributed by atoms with Crippen molar-refractivity contribution in [3.63, 3.8) is 0 Å². The van der Waals surface area contributed by atoms with Gasteiger partial charge in [-0.15, -0.1) is 0 Å². The monoisotopic (exact) mass is 320 g/mol. The Morgan fingerprint density at radius 2 is 1.48 bits per heavy atom. The van der Waals surface area contributed by atoms with Crippen LogP contribution < -0.4 is 0 Å². The van der Waals surface area contributed by atoms with Crippen molar-refractivity contribution in [2.45, 2.75) is 70.8 Å². The number of hydrogen-bond donors (Lipinski definition) is 2. The predicted octanol–water partition coefficient (Wildman–Crippen LogP) is 5.19. The summed E-state index contributed by atoms with van der Waals surface area (Å²) in [4.78, 5) is 10.4. The summed E-state index contributed by atoms with van der Waals surface area (Å²) in [5, 5.41) is 18.4. The molecule has 0 aliphatic heterocycles. The number of aliphatic hydroxyl groups is 1. The van der Waals surface area contributed by atoms with E-state index in [1.807, 2.05) is 36.5 Å². The Labute approximate surface area is 141 Å². The van der Waals surface area contributed by atoms with Gasteiger partial charge in [0.05, 0.1) is 6.10 Å². The lowest BCUT2D eigenvalue weighted by Gasteiger charge is -2.08. The Bertz CT molecular complexity index is 392. The number of allylic oxidation sites excluding steroid dienone is 8. The number of rotatable bonds is 14. The molecule has 0 spiro atoms. The van der Waals surface area contributed by atoms with Gasteiger partial charge in [-0.1, -0.05) is 74.8 Å². The van der Waals surface area contributed by atoms with Crippen molar-refractivity contribution in [1.29, 1.82) is 0 Å². The highest BCUT2D eigenvalue weighted by Crippen LogP contribution is 2.10. The summed E-state index contributed by atoms with van der Waals surface area (Å²) >= 11 is 0. The van der Waals surface area contributed by atoms with E-state index in [-0.39, 0.29) is 12.5 Å². The van der Waals surface area contributed by atoms with Gasteiger partial charge in [-0.25, -0.2) is 0 Å². The fourth-order valence-electron chi connectivity index (χ4n) is 2.09. The van der Waals surface area contributed by atoms with Crippen LogP contribution in [0.4, 0.5) is 0 Å². The van der Waals surface area contributed by atoms with Gasteiger partial charge in [0.25, 0.3) is 0 Å². The third kappa shape index (κ3) is 18.3. The molecular weight excluding hydrogens is 288 g/mol. The molecule has 0 amide bonds. The molecule has 0 saturated carbocycles. The summed E-state index contributed by atoms with van der Waals surface area (Å²) in [7, 11) is 0. The smallest absolute Gasteiger partial charge is 0.303 e. The number of unbranched alkanes of at least 4 members (excludes halogenated alkanes) is 3. The van der Waals surface area contributed by atoms with Gasteiger partial charge in [0.1, 0.15) is 0 Å². The average Bonchev–Trinajstić information content (AvgIpc) is 2.52. The largest absolute Gasteiger partial charge is 0.481 e. The molecule has 3 heteroatoms. The predicted molar refractivity (Wildman–Crippen MR) is 97.4 cm³/mol. The highest BCUT2D eigenvalue weighted by atomic mass is 16.4. The maximum atomic E-state index is 10.4. The second-order valence-electron chi connectivity index (χ2n) is 5.61. The van der Waals surface area contributed by atoms with Gasteiger partial charge < -0.3 is 10.2 Å². The molecule has 0 aliphatic rings. The zero-order valence-electron chi connectivity index (χ0n) is 14.4. The summed E-state index contributed by atoms with van der Waals surface area (Å²) in [6.45, 7) is 2.11. The zero-order chi connectivity index (χ0) is 17.2. The van der Waals surface area contributed by atoms with E-state index in [4.69, 9.17) is 5.11 Å². The van der Waals surface area contributed by atoms with Crippen molar-refractivity contribution >= 4 is 5.97 Å². The Morgan fingerprint density at radius 3 is 2.13 bits per heavy atom. The van der Waals surface area contributed by atoms with Gasteiger partial charge in [0, 0.05) is 6.42 Å². The summed E-state index contributed by atoms with van der Waals surface area (Å²) in [6, 6.07) is 0. The summed E-state index contributed by atoms with van der Waals surface area (Å²) in [5.74, 6) is -0.723. The highest BCUT2D eigenvalue weighted by Gasteiger charge is 2.02. The van der Waals surface area contributed by atoms with E-state index in [1.54, 1.807) is 0 Å². The first-order valence-electron chi connectivity index (χ1n) is 8.71. The molecule has 0 fully saturated rings. The second kappa shape index (κ2) is 16.8. The van der Waals surface area contributed by atoms with Gasteiger partial charge in [-0.05, 0) is 32.1 Å². The third-order valence-electron chi connectivity index (χ3n) is 3.41. The molecular formula is C20H32O3. The molecule has 23 heavy (non-hydrogen) atoms. The minimum atomic E-state index is -0.723. The van der Waals surface area contributed by atoms with E-state index in [2.05, 4.69) is 19.1 Å². The SMILES string of the molecule is CC/C=C/C=C/C=C/C=C/CCC(O)CCCCCCC(=O)O. The lowest BCUT2D eigenvalue weighted by atomic mass is 10.0. The number of aliphatic hydroxyl groups excluding tert-OH is 1. The minimum absolute atomic E-state index is 0.248. The first-order valence-corrected chi connectivity index (χ1v) is 8.71. The van der Waals surface area contributed by atoms with Gasteiger partial charge >= 0.3 is 5.97 Å². The maximum absolute atomic E-state index is 10.4. The normalized spacial score (nSPS) is 13.8. The highest BCUT2D eigenvalue weighted by molar-refractivity contribution is 5.66. The third-order valence-corrected chi connectivity index (χ3v) is 3.41. The summed E-state index contributed by atoms with van der Waals surface area (Å²) in [5.41, 5.74) is 0. The molecule has 0 aromatic rings. The zero-order valence-corrected chi connectivity index (χ0v) is 14.4. The number of hydrogen-bond acceptors (Lipinski definition) is 2. The molecule has 1 unspecified atom stereocenters. The molecule has 0 aliphatic carbocycles. The molecule has 0 bridgehead atoms. The molecule has 130 valence electrons. The number of carbonyl (C=O) groups is 1. The van der Waals surface area contributed by atoms with Crippen LogP contribution in [-0.2, 0) is 4.79 Å². The molecule has 0 rings (SSSR count). The Balaban J connectivity index is 3.51. The Morgan fingerprint density at radius 1 is 0.870 bits per heavy atom. The van der Waals surface area contributed by atoms with Crippen molar-refractivity contribution in [3.8, 4) is 0 Å². The average molecular weight is 320 g/mol. The quantitative estimate of drug-likeness (QED) is 0.342. The van der Waals surface area contributed by atoms with E-state index >= 15 is 0 Å². The van der Waals surface area contributed by atoms with Crippen LogP contribution in [-0.4, -0.2) is 22.3 Å². The van der Waals surface area contributed by atoms with Crippen LogP contribution in [0.25, 0.3) is 0 Å². The molecule has 3 nitrogen and oxygen atoms in total. The Hall–Kier alpha value is -1.61. The van der Waals surface area contributed by atoms with Gasteiger partial charge in [-0.3, -0.25) is 4.79 Å². The first-order chi connectivity index (χ1) is 11.2. The maximum Gasteiger partial charge on any atom is 0.303 e. The van der Waals surface area contributed by atoms with E-state index in [1.165, 1.54) is 0 Å². The lowest BCUT2D eigenvalue weighted by Crippen LogP contribution is -2.05. The van der Waals surface area contributed by atoms with Crippen LogP contribution in [0.5, 0.6) is 0 Å². The first kappa shape index (κ1) is 21.4. The van der Waals surface area contributed by atoms with E-state index < -0.39 is 5.97 Å². The number of carboxylic acid groups (broad SMARTS) is 1. The van der Waals surface area contributed by atoms with Crippen molar-refractivity contribution < 1.29 is 15.0 Å². The molecule has 0 heterocycles.